The number of benzene rings is 2. The van der Waals surface area contributed by atoms with Crippen LogP contribution in [0, 0.1) is 6.92 Å². The normalized spacial score (nSPS) is 10.9. The monoisotopic (exact) mass is 329 g/mol. The fourth-order valence-corrected chi connectivity index (χ4v) is 2.74. The van der Waals surface area contributed by atoms with Gasteiger partial charge in [-0.1, -0.05) is 28.1 Å². The highest BCUT2D eigenvalue weighted by Crippen LogP contribution is 2.19. The minimum absolute atomic E-state index is 0.000885. The van der Waals surface area contributed by atoms with E-state index in [9.17, 15) is 4.79 Å². The fourth-order valence-electron chi connectivity index (χ4n) is 2.13. The van der Waals surface area contributed by atoms with Gasteiger partial charge in [-0.3, -0.25) is 4.79 Å². The van der Waals surface area contributed by atoms with Crippen molar-refractivity contribution in [3.8, 4) is 0 Å². The van der Waals surface area contributed by atoms with Gasteiger partial charge in [0.05, 0.1) is 6.42 Å². The number of aryl methyl sites for hydroxylation is 1. The van der Waals surface area contributed by atoms with E-state index < -0.39 is 0 Å². The van der Waals surface area contributed by atoms with Crippen molar-refractivity contribution in [1.82, 2.24) is 4.98 Å². The smallest absolute Gasteiger partial charge is 0.203 e. The maximum atomic E-state index is 12.3. The zero-order chi connectivity index (χ0) is 14.1. The summed E-state index contributed by atoms with van der Waals surface area (Å²) >= 11 is 3.40. The van der Waals surface area contributed by atoms with Gasteiger partial charge >= 0.3 is 0 Å². The van der Waals surface area contributed by atoms with Crippen molar-refractivity contribution in [2.45, 2.75) is 13.3 Å². The highest BCUT2D eigenvalue weighted by Gasteiger charge is 2.13. The van der Waals surface area contributed by atoms with Crippen LogP contribution in [-0.4, -0.2) is 10.8 Å². The largest absolute Gasteiger partial charge is 0.440 e. The van der Waals surface area contributed by atoms with Crippen molar-refractivity contribution in [2.24, 2.45) is 0 Å². The molecule has 1 heterocycles. The standard InChI is InChI=1S/C16H12BrNO2/c1-10-6-11(8-12(17)7-10)14(19)9-16-18-13-4-2-3-5-15(13)20-16/h2-8H,9H2,1H3. The van der Waals surface area contributed by atoms with E-state index in [1.54, 1.807) is 0 Å². The molecule has 20 heavy (non-hydrogen) atoms. The Balaban J connectivity index is 1.88. The van der Waals surface area contributed by atoms with E-state index in [0.29, 0.717) is 17.0 Å². The molecule has 0 spiro atoms. The van der Waals surface area contributed by atoms with E-state index in [1.165, 1.54) is 0 Å². The van der Waals surface area contributed by atoms with Crippen LogP contribution in [0.1, 0.15) is 21.8 Å². The number of carbonyl (C=O) groups excluding carboxylic acids is 1. The Morgan fingerprint density at radius 3 is 2.80 bits per heavy atom. The first-order valence-corrected chi connectivity index (χ1v) is 7.06. The van der Waals surface area contributed by atoms with Gasteiger partial charge in [0.15, 0.2) is 11.4 Å². The number of nitrogens with zero attached hydrogens (tertiary/aromatic N) is 1. The van der Waals surface area contributed by atoms with Crippen molar-refractivity contribution < 1.29 is 9.21 Å². The molecule has 0 aliphatic rings. The first-order chi connectivity index (χ1) is 9.61. The number of fused-ring (bicyclic) bond motifs is 1. The molecule has 2 aromatic carbocycles. The molecule has 3 nitrogen and oxygen atoms in total. The number of hydrogen-bond acceptors (Lipinski definition) is 3. The van der Waals surface area contributed by atoms with Gasteiger partial charge < -0.3 is 4.42 Å². The van der Waals surface area contributed by atoms with Gasteiger partial charge in [0.2, 0.25) is 5.89 Å². The lowest BCUT2D eigenvalue weighted by atomic mass is 10.1. The average molecular weight is 330 g/mol. The van der Waals surface area contributed by atoms with E-state index in [-0.39, 0.29) is 12.2 Å². The number of aromatic nitrogens is 1. The van der Waals surface area contributed by atoms with Gasteiger partial charge in [-0.15, -0.1) is 0 Å². The van der Waals surface area contributed by atoms with Crippen LogP contribution in [0.3, 0.4) is 0 Å². The molecule has 0 atom stereocenters. The molecule has 3 rings (SSSR count). The second-order valence-electron chi connectivity index (χ2n) is 4.69. The molecule has 0 saturated heterocycles. The van der Waals surface area contributed by atoms with Gasteiger partial charge in [-0.2, -0.15) is 0 Å². The van der Waals surface area contributed by atoms with Crippen molar-refractivity contribution in [3.05, 3.63) is 64.0 Å². The second kappa shape index (κ2) is 5.21. The number of Topliss-reactive ketones (excluding diaryl/α,β-unsaturated/α-hetero) is 1. The van der Waals surface area contributed by atoms with Gasteiger partial charge in [0.25, 0.3) is 0 Å². The molecule has 100 valence electrons. The third-order valence-electron chi connectivity index (χ3n) is 3.01. The molecule has 0 radical (unpaired) electrons. The molecule has 0 amide bonds. The Labute approximate surface area is 124 Å². The van der Waals surface area contributed by atoms with Gasteiger partial charge in [0.1, 0.15) is 5.52 Å². The molecule has 0 fully saturated rings. The minimum atomic E-state index is 0.000885. The van der Waals surface area contributed by atoms with Crippen LogP contribution in [0.15, 0.2) is 51.4 Å². The number of halogens is 1. The summed E-state index contributed by atoms with van der Waals surface area (Å²) in [6.07, 6.45) is 0.171. The molecular weight excluding hydrogens is 318 g/mol. The molecule has 4 heteroatoms. The third-order valence-corrected chi connectivity index (χ3v) is 3.47. The van der Waals surface area contributed by atoms with Crippen LogP contribution in [0.25, 0.3) is 11.1 Å². The Morgan fingerprint density at radius 1 is 1.25 bits per heavy atom. The number of hydrogen-bond donors (Lipinski definition) is 0. The molecule has 0 unspecified atom stereocenters. The Bertz CT molecular complexity index is 739. The van der Waals surface area contributed by atoms with Crippen LogP contribution in [0.4, 0.5) is 0 Å². The van der Waals surface area contributed by atoms with Crippen molar-refractivity contribution in [1.29, 1.82) is 0 Å². The molecule has 0 N–H and O–H groups in total. The first kappa shape index (κ1) is 13.1. The van der Waals surface area contributed by atoms with Crippen molar-refractivity contribution in [2.75, 3.05) is 0 Å². The second-order valence-corrected chi connectivity index (χ2v) is 5.61. The Kier molecular flexibility index (Phi) is 3.40. The number of oxazole rings is 1. The van der Waals surface area contributed by atoms with Crippen molar-refractivity contribution in [3.63, 3.8) is 0 Å². The summed E-state index contributed by atoms with van der Waals surface area (Å²) in [4.78, 5) is 16.6. The van der Waals surface area contributed by atoms with Crippen LogP contribution in [0.2, 0.25) is 0 Å². The number of ketones is 1. The number of rotatable bonds is 3. The van der Waals surface area contributed by atoms with Crippen molar-refractivity contribution >= 4 is 32.8 Å². The highest BCUT2D eigenvalue weighted by molar-refractivity contribution is 9.10. The quantitative estimate of drug-likeness (QED) is 0.672. The summed E-state index contributed by atoms with van der Waals surface area (Å²) in [5, 5.41) is 0. The fraction of sp³-hybridized carbons (Fsp3) is 0.125. The van der Waals surface area contributed by atoms with Crippen LogP contribution in [-0.2, 0) is 6.42 Å². The predicted molar refractivity (Wildman–Crippen MR) is 80.9 cm³/mol. The minimum Gasteiger partial charge on any atom is -0.440 e. The lowest BCUT2D eigenvalue weighted by molar-refractivity contribution is 0.0986. The molecule has 0 aliphatic carbocycles. The average Bonchev–Trinajstić information content (AvgIpc) is 2.79. The lowest BCUT2D eigenvalue weighted by Gasteiger charge is -2.01. The molecule has 0 saturated carbocycles. The van der Waals surface area contributed by atoms with Crippen LogP contribution < -0.4 is 0 Å². The molecule has 1 aromatic heterocycles. The lowest BCUT2D eigenvalue weighted by Crippen LogP contribution is -2.04. The van der Waals surface area contributed by atoms with Crippen LogP contribution >= 0.6 is 15.9 Å². The van der Waals surface area contributed by atoms with Crippen LogP contribution in [0.5, 0.6) is 0 Å². The third kappa shape index (κ3) is 2.65. The zero-order valence-electron chi connectivity index (χ0n) is 10.9. The van der Waals surface area contributed by atoms with Gasteiger partial charge in [0, 0.05) is 10.0 Å². The summed E-state index contributed by atoms with van der Waals surface area (Å²) in [7, 11) is 0. The Hall–Kier alpha value is -1.94. The van der Waals surface area contributed by atoms with E-state index in [4.69, 9.17) is 4.42 Å². The van der Waals surface area contributed by atoms with Gasteiger partial charge in [-0.05, 0) is 42.8 Å². The molecular formula is C16H12BrNO2. The predicted octanol–water partition coefficient (Wildman–Crippen LogP) is 4.32. The SMILES string of the molecule is Cc1cc(Br)cc(C(=O)Cc2nc3ccccc3o2)c1. The molecule has 0 aliphatic heterocycles. The topological polar surface area (TPSA) is 43.1 Å². The summed E-state index contributed by atoms with van der Waals surface area (Å²) in [5.41, 5.74) is 3.20. The van der Waals surface area contributed by atoms with E-state index >= 15 is 0 Å². The maximum Gasteiger partial charge on any atom is 0.203 e. The molecule has 0 bridgehead atoms. The zero-order valence-corrected chi connectivity index (χ0v) is 12.5. The first-order valence-electron chi connectivity index (χ1n) is 6.27. The summed E-state index contributed by atoms with van der Waals surface area (Å²) in [5.74, 6) is 0.454. The van der Waals surface area contributed by atoms with E-state index in [2.05, 4.69) is 20.9 Å². The summed E-state index contributed by atoms with van der Waals surface area (Å²) in [6, 6.07) is 13.2. The highest BCUT2D eigenvalue weighted by atomic mass is 79.9. The Morgan fingerprint density at radius 2 is 2.05 bits per heavy atom. The maximum absolute atomic E-state index is 12.3. The molecule has 3 aromatic rings. The number of para-hydroxylation sites is 2. The summed E-state index contributed by atoms with van der Waals surface area (Å²) in [6.45, 7) is 1.96. The summed E-state index contributed by atoms with van der Waals surface area (Å²) < 4.78 is 6.48. The van der Waals surface area contributed by atoms with Gasteiger partial charge in [-0.25, -0.2) is 4.98 Å². The number of carbonyl (C=O) groups is 1. The van der Waals surface area contributed by atoms with E-state index in [1.807, 2.05) is 49.4 Å². The van der Waals surface area contributed by atoms with E-state index in [0.717, 1.165) is 15.6 Å².